The SMILES string of the molecule is O=C(O)C(O)C1(c2ccc(F)cc2)C2CC3CC(C2)CC1C3. The number of carboxylic acid groups (broad SMARTS) is 1. The predicted octanol–water partition coefficient (Wildman–Crippen LogP) is 2.97. The number of aliphatic carboxylic acids is 1. The molecule has 4 aliphatic rings. The van der Waals surface area contributed by atoms with Crippen LogP contribution in [-0.2, 0) is 10.2 Å². The molecule has 0 heterocycles. The second kappa shape index (κ2) is 4.79. The molecule has 0 saturated heterocycles. The molecule has 1 aromatic carbocycles. The summed E-state index contributed by atoms with van der Waals surface area (Å²) in [6.45, 7) is 0. The number of benzene rings is 1. The molecule has 3 nitrogen and oxygen atoms in total. The highest BCUT2D eigenvalue weighted by atomic mass is 19.1. The molecule has 0 radical (unpaired) electrons. The third-order valence-electron chi connectivity index (χ3n) is 6.52. The van der Waals surface area contributed by atoms with Crippen LogP contribution in [0.2, 0.25) is 0 Å². The number of carbonyl (C=O) groups is 1. The van der Waals surface area contributed by atoms with Crippen LogP contribution in [0, 0.1) is 29.5 Å². The van der Waals surface area contributed by atoms with Gasteiger partial charge in [-0.1, -0.05) is 12.1 Å². The van der Waals surface area contributed by atoms with E-state index in [1.54, 1.807) is 12.1 Å². The average molecular weight is 304 g/mol. The second-order valence-corrected chi connectivity index (χ2v) is 7.49. The molecule has 22 heavy (non-hydrogen) atoms. The predicted molar refractivity (Wildman–Crippen MR) is 78.8 cm³/mol. The van der Waals surface area contributed by atoms with Crippen LogP contribution in [-0.4, -0.2) is 22.3 Å². The first-order valence-corrected chi connectivity index (χ1v) is 8.18. The number of aliphatic hydroxyl groups excluding tert-OH is 1. The van der Waals surface area contributed by atoms with Crippen molar-refractivity contribution < 1.29 is 19.4 Å². The zero-order chi connectivity index (χ0) is 15.5. The first-order chi connectivity index (χ1) is 10.5. The lowest BCUT2D eigenvalue weighted by molar-refractivity contribution is -0.167. The Bertz CT molecular complexity index is 567. The topological polar surface area (TPSA) is 57.5 Å². The number of hydrogen-bond acceptors (Lipinski definition) is 2. The van der Waals surface area contributed by atoms with Gasteiger partial charge in [0.25, 0.3) is 0 Å². The molecule has 1 unspecified atom stereocenters. The molecule has 4 fully saturated rings. The largest absolute Gasteiger partial charge is 0.479 e. The van der Waals surface area contributed by atoms with Gasteiger partial charge in [0, 0.05) is 5.41 Å². The fraction of sp³-hybridized carbons (Fsp3) is 0.611. The van der Waals surface area contributed by atoms with Gasteiger partial charge in [0.15, 0.2) is 6.10 Å². The Balaban J connectivity index is 1.86. The minimum Gasteiger partial charge on any atom is -0.479 e. The molecule has 118 valence electrons. The number of aliphatic hydroxyl groups is 1. The molecule has 0 spiro atoms. The molecule has 2 N–H and O–H groups in total. The summed E-state index contributed by atoms with van der Waals surface area (Å²) >= 11 is 0. The van der Waals surface area contributed by atoms with Gasteiger partial charge >= 0.3 is 5.97 Å². The molecule has 1 atom stereocenters. The van der Waals surface area contributed by atoms with E-state index in [4.69, 9.17) is 0 Å². The van der Waals surface area contributed by atoms with Crippen LogP contribution >= 0.6 is 0 Å². The van der Waals surface area contributed by atoms with Gasteiger partial charge in [0.1, 0.15) is 5.82 Å². The van der Waals surface area contributed by atoms with Crippen molar-refractivity contribution in [3.63, 3.8) is 0 Å². The fourth-order valence-corrected chi connectivity index (χ4v) is 5.98. The Hall–Kier alpha value is -1.42. The zero-order valence-electron chi connectivity index (χ0n) is 12.4. The van der Waals surface area contributed by atoms with Gasteiger partial charge in [-0.3, -0.25) is 0 Å². The molecule has 5 rings (SSSR count). The molecule has 0 aliphatic heterocycles. The fourth-order valence-electron chi connectivity index (χ4n) is 5.98. The first-order valence-electron chi connectivity index (χ1n) is 8.18. The summed E-state index contributed by atoms with van der Waals surface area (Å²) in [7, 11) is 0. The summed E-state index contributed by atoms with van der Waals surface area (Å²) < 4.78 is 13.3. The van der Waals surface area contributed by atoms with Gasteiger partial charge in [0.05, 0.1) is 0 Å². The highest BCUT2D eigenvalue weighted by Crippen LogP contribution is 2.64. The first kappa shape index (κ1) is 14.2. The van der Waals surface area contributed by atoms with Gasteiger partial charge in [-0.15, -0.1) is 0 Å². The van der Waals surface area contributed by atoms with Crippen LogP contribution in [0.15, 0.2) is 24.3 Å². The molecule has 0 amide bonds. The van der Waals surface area contributed by atoms with Crippen molar-refractivity contribution in [2.75, 3.05) is 0 Å². The Morgan fingerprint density at radius 3 is 2.00 bits per heavy atom. The summed E-state index contributed by atoms with van der Waals surface area (Å²) in [6, 6.07) is 6.14. The van der Waals surface area contributed by atoms with Crippen molar-refractivity contribution in [2.24, 2.45) is 23.7 Å². The summed E-state index contributed by atoms with van der Waals surface area (Å²) in [5, 5.41) is 20.2. The normalized spacial score (nSPS) is 40.6. The van der Waals surface area contributed by atoms with Crippen LogP contribution in [0.25, 0.3) is 0 Å². The smallest absolute Gasteiger partial charge is 0.333 e. The van der Waals surface area contributed by atoms with E-state index in [2.05, 4.69) is 0 Å². The van der Waals surface area contributed by atoms with Crippen LogP contribution in [0.4, 0.5) is 4.39 Å². The van der Waals surface area contributed by atoms with Crippen LogP contribution in [0.3, 0.4) is 0 Å². The quantitative estimate of drug-likeness (QED) is 0.902. The third-order valence-corrected chi connectivity index (χ3v) is 6.52. The van der Waals surface area contributed by atoms with E-state index in [9.17, 15) is 19.4 Å². The standard InChI is InChI=1S/C18H21FO3/c19-15-3-1-12(2-4-15)18(16(20)17(21)22)13-6-10-5-11(8-13)9-14(18)7-10/h1-4,10-11,13-14,16,20H,5-9H2,(H,21,22). The molecule has 0 aromatic heterocycles. The van der Waals surface area contributed by atoms with E-state index in [0.717, 1.165) is 31.2 Å². The Labute approximate surface area is 129 Å². The van der Waals surface area contributed by atoms with E-state index < -0.39 is 17.5 Å². The Morgan fingerprint density at radius 1 is 1.05 bits per heavy atom. The van der Waals surface area contributed by atoms with Gasteiger partial charge < -0.3 is 10.2 Å². The van der Waals surface area contributed by atoms with E-state index in [-0.39, 0.29) is 17.7 Å². The average Bonchev–Trinajstić information content (AvgIpc) is 2.48. The van der Waals surface area contributed by atoms with Crippen molar-refractivity contribution in [3.05, 3.63) is 35.6 Å². The van der Waals surface area contributed by atoms with E-state index in [1.807, 2.05) is 0 Å². The molecular weight excluding hydrogens is 283 g/mol. The Morgan fingerprint density at radius 2 is 1.55 bits per heavy atom. The van der Waals surface area contributed by atoms with Crippen molar-refractivity contribution in [3.8, 4) is 0 Å². The molecule has 1 aromatic rings. The van der Waals surface area contributed by atoms with Crippen LogP contribution in [0.1, 0.15) is 37.7 Å². The molecule has 4 saturated carbocycles. The summed E-state index contributed by atoms with van der Waals surface area (Å²) in [4.78, 5) is 11.6. The highest BCUT2D eigenvalue weighted by Gasteiger charge is 2.62. The van der Waals surface area contributed by atoms with Gasteiger partial charge in [-0.25, -0.2) is 9.18 Å². The van der Waals surface area contributed by atoms with Crippen molar-refractivity contribution >= 4 is 5.97 Å². The summed E-state index contributed by atoms with van der Waals surface area (Å²) in [6.07, 6.45) is 3.83. The number of hydrogen-bond donors (Lipinski definition) is 2. The monoisotopic (exact) mass is 304 g/mol. The van der Waals surface area contributed by atoms with Gasteiger partial charge in [0.2, 0.25) is 0 Å². The third kappa shape index (κ3) is 1.79. The minimum atomic E-state index is -1.41. The van der Waals surface area contributed by atoms with E-state index in [1.165, 1.54) is 18.6 Å². The maximum absolute atomic E-state index is 13.3. The van der Waals surface area contributed by atoms with E-state index >= 15 is 0 Å². The number of halogens is 1. The zero-order valence-corrected chi connectivity index (χ0v) is 12.4. The van der Waals surface area contributed by atoms with E-state index in [0.29, 0.717) is 11.8 Å². The minimum absolute atomic E-state index is 0.195. The second-order valence-electron chi connectivity index (χ2n) is 7.49. The number of carboxylic acids is 1. The lowest BCUT2D eigenvalue weighted by Gasteiger charge is -2.62. The molecular formula is C18H21FO3. The number of rotatable bonds is 3. The highest BCUT2D eigenvalue weighted by molar-refractivity contribution is 5.75. The van der Waals surface area contributed by atoms with Crippen LogP contribution < -0.4 is 0 Å². The van der Waals surface area contributed by atoms with Crippen molar-refractivity contribution in [2.45, 2.75) is 43.6 Å². The maximum Gasteiger partial charge on any atom is 0.333 e. The Kier molecular flexibility index (Phi) is 3.09. The molecule has 4 heteroatoms. The summed E-state index contributed by atoms with van der Waals surface area (Å²) in [5.74, 6) is 0.263. The maximum atomic E-state index is 13.3. The van der Waals surface area contributed by atoms with Gasteiger partial charge in [-0.2, -0.15) is 0 Å². The molecule has 4 bridgehead atoms. The lowest BCUT2D eigenvalue weighted by Crippen LogP contribution is -2.62. The van der Waals surface area contributed by atoms with Gasteiger partial charge in [-0.05, 0) is 73.5 Å². The molecule has 4 aliphatic carbocycles. The lowest BCUT2D eigenvalue weighted by atomic mass is 9.42. The van der Waals surface area contributed by atoms with Crippen LogP contribution in [0.5, 0.6) is 0 Å². The summed E-state index contributed by atoms with van der Waals surface area (Å²) in [5.41, 5.74) is 0.0602. The van der Waals surface area contributed by atoms with Crippen molar-refractivity contribution in [1.29, 1.82) is 0 Å². The van der Waals surface area contributed by atoms with Crippen molar-refractivity contribution in [1.82, 2.24) is 0 Å².